The van der Waals surface area contributed by atoms with E-state index in [4.69, 9.17) is 28.7 Å². The molecule has 0 unspecified atom stereocenters. The van der Waals surface area contributed by atoms with Crippen molar-refractivity contribution in [3.63, 3.8) is 0 Å². The average Bonchev–Trinajstić information content (AvgIpc) is 3.66. The van der Waals surface area contributed by atoms with Gasteiger partial charge in [-0.25, -0.2) is 15.0 Å². The number of nitrogens with zero attached hydrogens (tertiary/aromatic N) is 3. The fourth-order valence-corrected chi connectivity index (χ4v) is 7.54. The summed E-state index contributed by atoms with van der Waals surface area (Å²) in [4.78, 5) is 15.4. The van der Waals surface area contributed by atoms with Crippen LogP contribution >= 0.6 is 0 Å². The highest BCUT2D eigenvalue weighted by atomic mass is 16.7. The number of hydrogen-bond donors (Lipinski definition) is 0. The second-order valence-corrected chi connectivity index (χ2v) is 14.6. The van der Waals surface area contributed by atoms with Gasteiger partial charge in [0.05, 0.1) is 11.2 Å². The van der Waals surface area contributed by atoms with Gasteiger partial charge in [0.1, 0.15) is 11.2 Å². The zero-order chi connectivity index (χ0) is 35.2. The number of benzene rings is 7. The molecule has 0 radical (unpaired) electrons. The molecule has 2 aromatic heterocycles. The molecule has 7 heteroatoms. The Hall–Kier alpha value is -5.89. The lowest BCUT2D eigenvalue weighted by Crippen LogP contribution is -2.41. The second-order valence-electron chi connectivity index (χ2n) is 14.6. The van der Waals surface area contributed by atoms with Crippen LogP contribution in [0.1, 0.15) is 27.7 Å². The van der Waals surface area contributed by atoms with Gasteiger partial charge >= 0.3 is 7.12 Å². The quantitative estimate of drug-likeness (QED) is 0.137. The lowest BCUT2D eigenvalue weighted by Gasteiger charge is -2.32. The summed E-state index contributed by atoms with van der Waals surface area (Å²) in [6.45, 7) is 8.25. The molecule has 0 aliphatic carbocycles. The Morgan fingerprint density at radius 3 is 1.67 bits per heavy atom. The highest BCUT2D eigenvalue weighted by Gasteiger charge is 2.51. The van der Waals surface area contributed by atoms with Crippen molar-refractivity contribution >= 4 is 66.8 Å². The van der Waals surface area contributed by atoms with Gasteiger partial charge in [0.15, 0.2) is 17.5 Å². The van der Waals surface area contributed by atoms with E-state index in [0.717, 1.165) is 49.5 Å². The molecule has 1 aliphatic rings. The number of aromatic nitrogens is 3. The largest absolute Gasteiger partial charge is 0.494 e. The first kappa shape index (κ1) is 30.9. The fourth-order valence-electron chi connectivity index (χ4n) is 7.54. The molecule has 6 nitrogen and oxygen atoms in total. The molecule has 52 heavy (non-hydrogen) atoms. The van der Waals surface area contributed by atoms with Crippen molar-refractivity contribution in [2.75, 3.05) is 0 Å². The summed E-state index contributed by atoms with van der Waals surface area (Å²) >= 11 is 0. The predicted molar refractivity (Wildman–Crippen MR) is 212 cm³/mol. The maximum absolute atomic E-state index is 6.49. The Morgan fingerprint density at radius 2 is 1.00 bits per heavy atom. The van der Waals surface area contributed by atoms with Gasteiger partial charge < -0.3 is 13.7 Å². The molecular weight excluding hydrogens is 641 g/mol. The summed E-state index contributed by atoms with van der Waals surface area (Å²) in [5.41, 5.74) is 4.26. The third-order valence-electron chi connectivity index (χ3n) is 11.0. The molecular formula is C45H34BN3O3. The molecule has 3 heterocycles. The SMILES string of the molecule is CC1(C)OB(c2ccc3c(c2)oc2cccc(-c4nc(-c5ccccc5)nc(-c5ccc6c7ccccc7c7ccccc7c6c5)n4)c23)OC1(C)C. The van der Waals surface area contributed by atoms with E-state index in [9.17, 15) is 0 Å². The molecule has 0 amide bonds. The lowest BCUT2D eigenvalue weighted by atomic mass is 9.79. The molecule has 0 saturated carbocycles. The van der Waals surface area contributed by atoms with Crippen LogP contribution in [-0.4, -0.2) is 33.3 Å². The molecule has 1 fully saturated rings. The van der Waals surface area contributed by atoms with Gasteiger partial charge in [0, 0.05) is 27.5 Å². The molecule has 10 rings (SSSR count). The average molecular weight is 676 g/mol. The first-order valence-corrected chi connectivity index (χ1v) is 17.7. The summed E-state index contributed by atoms with van der Waals surface area (Å²) < 4.78 is 19.2. The number of hydrogen-bond acceptors (Lipinski definition) is 6. The van der Waals surface area contributed by atoms with Gasteiger partial charge in [0.2, 0.25) is 0 Å². The van der Waals surface area contributed by atoms with Crippen molar-refractivity contribution in [2.45, 2.75) is 38.9 Å². The Balaban J connectivity index is 1.16. The smallest absolute Gasteiger partial charge is 0.456 e. The second kappa shape index (κ2) is 11.3. The van der Waals surface area contributed by atoms with Crippen molar-refractivity contribution in [3.05, 3.63) is 133 Å². The van der Waals surface area contributed by atoms with E-state index in [-0.39, 0.29) is 0 Å². The van der Waals surface area contributed by atoms with Crippen LogP contribution in [-0.2, 0) is 9.31 Å². The van der Waals surface area contributed by atoms with E-state index < -0.39 is 18.3 Å². The van der Waals surface area contributed by atoms with Gasteiger partial charge in [-0.2, -0.15) is 0 Å². The minimum Gasteiger partial charge on any atom is -0.456 e. The summed E-state index contributed by atoms with van der Waals surface area (Å²) in [5, 5.41) is 9.18. The van der Waals surface area contributed by atoms with Gasteiger partial charge in [-0.15, -0.1) is 0 Å². The molecule has 7 aromatic carbocycles. The van der Waals surface area contributed by atoms with Crippen LogP contribution in [0.5, 0.6) is 0 Å². The van der Waals surface area contributed by atoms with Crippen LogP contribution in [0.25, 0.3) is 88.4 Å². The van der Waals surface area contributed by atoms with Crippen LogP contribution in [0.4, 0.5) is 0 Å². The Labute approximate surface area is 301 Å². The molecule has 0 N–H and O–H groups in total. The molecule has 1 aliphatic heterocycles. The molecule has 0 bridgehead atoms. The zero-order valence-corrected chi connectivity index (χ0v) is 29.3. The first-order chi connectivity index (χ1) is 25.2. The number of fused-ring (bicyclic) bond motifs is 9. The Bertz CT molecular complexity index is 2830. The van der Waals surface area contributed by atoms with E-state index in [1.54, 1.807) is 0 Å². The van der Waals surface area contributed by atoms with Crippen molar-refractivity contribution in [1.82, 2.24) is 15.0 Å². The third-order valence-corrected chi connectivity index (χ3v) is 11.0. The first-order valence-electron chi connectivity index (χ1n) is 17.7. The number of furan rings is 1. The molecule has 9 aromatic rings. The van der Waals surface area contributed by atoms with E-state index in [0.29, 0.717) is 17.5 Å². The third kappa shape index (κ3) is 4.77. The summed E-state index contributed by atoms with van der Waals surface area (Å²) in [5.74, 6) is 1.79. The van der Waals surface area contributed by atoms with E-state index in [1.807, 2.05) is 48.5 Å². The molecule has 0 spiro atoms. The molecule has 1 saturated heterocycles. The minimum atomic E-state index is -0.487. The normalized spacial score (nSPS) is 15.4. The topological polar surface area (TPSA) is 70.3 Å². The van der Waals surface area contributed by atoms with Crippen molar-refractivity contribution < 1.29 is 13.7 Å². The van der Waals surface area contributed by atoms with Gasteiger partial charge in [0.25, 0.3) is 0 Å². The monoisotopic (exact) mass is 675 g/mol. The predicted octanol–water partition coefficient (Wildman–Crippen LogP) is 10.5. The van der Waals surface area contributed by atoms with Crippen molar-refractivity contribution in [3.8, 4) is 34.2 Å². The summed E-state index contributed by atoms with van der Waals surface area (Å²) in [6.07, 6.45) is 0. The zero-order valence-electron chi connectivity index (χ0n) is 29.3. The summed E-state index contributed by atoms with van der Waals surface area (Å²) in [6, 6.07) is 46.1. The standard InChI is InChI=1S/C45H34BN3O3/c1-44(2)45(3,4)52-46(51-44)29-22-24-35-39(26-29)50-38-20-12-19-36(40(35)38)43-48-41(27-13-6-5-7-14-27)47-42(49-43)28-21-23-34-32-17-9-8-15-30(32)31-16-10-11-18-33(31)37(34)25-28/h5-26H,1-4H3. The lowest BCUT2D eigenvalue weighted by molar-refractivity contribution is 0.00578. The Morgan fingerprint density at radius 1 is 0.442 bits per heavy atom. The van der Waals surface area contributed by atoms with Crippen LogP contribution < -0.4 is 5.46 Å². The van der Waals surface area contributed by atoms with Gasteiger partial charge in [-0.3, -0.25) is 0 Å². The van der Waals surface area contributed by atoms with Crippen LogP contribution in [0, 0.1) is 0 Å². The van der Waals surface area contributed by atoms with Crippen molar-refractivity contribution in [2.24, 2.45) is 0 Å². The molecule has 250 valence electrons. The van der Waals surface area contributed by atoms with Gasteiger partial charge in [-0.05, 0) is 83.7 Å². The van der Waals surface area contributed by atoms with E-state index in [1.165, 1.54) is 26.9 Å². The molecule has 0 atom stereocenters. The summed E-state index contributed by atoms with van der Waals surface area (Å²) in [7, 11) is -0.487. The highest BCUT2D eigenvalue weighted by Crippen LogP contribution is 2.40. The van der Waals surface area contributed by atoms with Crippen molar-refractivity contribution in [1.29, 1.82) is 0 Å². The van der Waals surface area contributed by atoms with Gasteiger partial charge in [-0.1, -0.05) is 115 Å². The maximum atomic E-state index is 6.49. The van der Waals surface area contributed by atoms with Crippen LogP contribution in [0.2, 0.25) is 0 Å². The van der Waals surface area contributed by atoms with Crippen LogP contribution in [0.15, 0.2) is 138 Å². The highest BCUT2D eigenvalue weighted by molar-refractivity contribution is 6.62. The van der Waals surface area contributed by atoms with Crippen LogP contribution in [0.3, 0.4) is 0 Å². The van der Waals surface area contributed by atoms with E-state index in [2.05, 4.69) is 113 Å². The maximum Gasteiger partial charge on any atom is 0.494 e. The Kier molecular flexibility index (Phi) is 6.72. The minimum absolute atomic E-state index is 0.438. The number of rotatable bonds is 4. The van der Waals surface area contributed by atoms with E-state index >= 15 is 0 Å². The fraction of sp³-hybridized carbons (Fsp3) is 0.133.